The van der Waals surface area contributed by atoms with Gasteiger partial charge in [0.15, 0.2) is 0 Å². The lowest BCUT2D eigenvalue weighted by Gasteiger charge is -2.31. The summed E-state index contributed by atoms with van der Waals surface area (Å²) >= 11 is 5.65. The second kappa shape index (κ2) is 5.22. The molecule has 21 heavy (non-hydrogen) atoms. The fourth-order valence-electron chi connectivity index (χ4n) is 2.53. The summed E-state index contributed by atoms with van der Waals surface area (Å²) in [5.41, 5.74) is 1.98. The molecule has 0 bridgehead atoms. The average Bonchev–Trinajstić information content (AvgIpc) is 2.46. The van der Waals surface area contributed by atoms with Crippen LogP contribution in [0.2, 0.25) is 5.02 Å². The number of halogens is 4. The minimum atomic E-state index is -4.44. The van der Waals surface area contributed by atoms with Gasteiger partial charge in [-0.05, 0) is 41.8 Å². The molecule has 2 heterocycles. The number of rotatable bonds is 1. The van der Waals surface area contributed by atoms with Gasteiger partial charge in [-0.25, -0.2) is 0 Å². The zero-order chi connectivity index (χ0) is 15.0. The van der Waals surface area contributed by atoms with Crippen LogP contribution in [0.3, 0.4) is 0 Å². The number of fused-ring (bicyclic) bond motifs is 1. The Balaban J connectivity index is 1.92. The van der Waals surface area contributed by atoms with E-state index in [-0.39, 0.29) is 5.02 Å². The van der Waals surface area contributed by atoms with Crippen LogP contribution in [-0.4, -0.2) is 11.5 Å². The highest BCUT2D eigenvalue weighted by Crippen LogP contribution is 2.37. The summed E-state index contributed by atoms with van der Waals surface area (Å²) in [7, 11) is 0. The molecule has 3 rings (SSSR count). The van der Waals surface area contributed by atoms with Gasteiger partial charge >= 0.3 is 6.18 Å². The first-order valence-corrected chi connectivity index (χ1v) is 6.86. The van der Waals surface area contributed by atoms with Crippen molar-refractivity contribution in [1.29, 1.82) is 0 Å². The van der Waals surface area contributed by atoms with E-state index in [0.717, 1.165) is 18.1 Å². The van der Waals surface area contributed by atoms with Crippen LogP contribution in [0, 0.1) is 0 Å². The number of anilines is 1. The highest BCUT2D eigenvalue weighted by Gasteiger charge is 2.34. The van der Waals surface area contributed by atoms with Gasteiger partial charge in [-0.3, -0.25) is 4.98 Å². The summed E-state index contributed by atoms with van der Waals surface area (Å²) in [4.78, 5) is 5.98. The summed E-state index contributed by atoms with van der Waals surface area (Å²) in [5, 5.41) is -0.273. The first-order chi connectivity index (χ1) is 9.95. The first kappa shape index (κ1) is 14.2. The largest absolute Gasteiger partial charge is 0.417 e. The predicted molar refractivity (Wildman–Crippen MR) is 75.4 cm³/mol. The molecule has 0 N–H and O–H groups in total. The maximum Gasteiger partial charge on any atom is 0.417 e. The quantitative estimate of drug-likeness (QED) is 0.779. The van der Waals surface area contributed by atoms with Crippen LogP contribution in [0.15, 0.2) is 36.7 Å². The predicted octanol–water partition coefficient (Wildman–Crippen LogP) is 4.32. The van der Waals surface area contributed by atoms with E-state index in [0.29, 0.717) is 18.8 Å². The monoisotopic (exact) mass is 312 g/mol. The van der Waals surface area contributed by atoms with Gasteiger partial charge in [-0.2, -0.15) is 13.2 Å². The highest BCUT2D eigenvalue weighted by atomic mass is 35.5. The zero-order valence-electron chi connectivity index (χ0n) is 11.0. The maximum absolute atomic E-state index is 12.9. The van der Waals surface area contributed by atoms with Gasteiger partial charge < -0.3 is 4.90 Å². The molecule has 2 aromatic rings. The maximum atomic E-state index is 12.9. The van der Waals surface area contributed by atoms with Gasteiger partial charge in [-0.15, -0.1) is 0 Å². The molecule has 0 saturated heterocycles. The van der Waals surface area contributed by atoms with Gasteiger partial charge in [0.25, 0.3) is 0 Å². The molecule has 0 saturated carbocycles. The Hall–Kier alpha value is -1.75. The van der Waals surface area contributed by atoms with Crippen LogP contribution in [0.5, 0.6) is 0 Å². The van der Waals surface area contributed by atoms with E-state index in [1.54, 1.807) is 18.5 Å². The van der Waals surface area contributed by atoms with Crippen molar-refractivity contribution in [2.75, 3.05) is 11.4 Å². The van der Waals surface area contributed by atoms with E-state index >= 15 is 0 Å². The third kappa shape index (κ3) is 2.83. The van der Waals surface area contributed by atoms with Crippen LogP contribution in [0.25, 0.3) is 0 Å². The molecule has 1 aromatic heterocycles. The Bertz CT molecular complexity index is 670. The molecular formula is C15H12ClF3N2. The molecule has 0 radical (unpaired) electrons. The third-order valence-corrected chi connectivity index (χ3v) is 3.97. The van der Waals surface area contributed by atoms with Crippen molar-refractivity contribution in [1.82, 2.24) is 4.98 Å². The number of pyridine rings is 1. The standard InChI is InChI=1S/C15H12ClF3N2/c16-14-2-1-12(7-13(14)15(17,18)19)21-6-4-10-3-5-20-8-11(10)9-21/h1-3,5,7-8H,4,6,9H2. The van der Waals surface area contributed by atoms with E-state index in [2.05, 4.69) is 4.98 Å². The molecule has 0 aliphatic carbocycles. The van der Waals surface area contributed by atoms with Crippen LogP contribution >= 0.6 is 11.6 Å². The number of benzene rings is 1. The van der Waals surface area contributed by atoms with Gasteiger partial charge in [-0.1, -0.05) is 11.6 Å². The Morgan fingerprint density at radius 1 is 1.14 bits per heavy atom. The van der Waals surface area contributed by atoms with Crippen molar-refractivity contribution in [2.24, 2.45) is 0 Å². The van der Waals surface area contributed by atoms with Crippen molar-refractivity contribution in [2.45, 2.75) is 19.1 Å². The molecule has 6 heteroatoms. The van der Waals surface area contributed by atoms with Crippen molar-refractivity contribution < 1.29 is 13.2 Å². The van der Waals surface area contributed by atoms with Gasteiger partial charge in [0.1, 0.15) is 0 Å². The lowest BCUT2D eigenvalue weighted by Crippen LogP contribution is -2.30. The van der Waals surface area contributed by atoms with Crippen LogP contribution < -0.4 is 4.90 Å². The number of alkyl halides is 3. The Labute approximate surface area is 125 Å². The molecule has 0 amide bonds. The van der Waals surface area contributed by atoms with Gasteiger partial charge in [0.2, 0.25) is 0 Å². The molecular weight excluding hydrogens is 301 g/mol. The molecule has 2 nitrogen and oxygen atoms in total. The second-order valence-electron chi connectivity index (χ2n) is 4.98. The number of aromatic nitrogens is 1. The molecule has 0 unspecified atom stereocenters. The Kier molecular flexibility index (Phi) is 3.53. The summed E-state index contributed by atoms with van der Waals surface area (Å²) in [5.74, 6) is 0. The third-order valence-electron chi connectivity index (χ3n) is 3.64. The first-order valence-electron chi connectivity index (χ1n) is 6.48. The Morgan fingerprint density at radius 3 is 2.71 bits per heavy atom. The number of hydrogen-bond donors (Lipinski definition) is 0. The fourth-order valence-corrected chi connectivity index (χ4v) is 2.75. The summed E-state index contributed by atoms with van der Waals surface area (Å²) < 4.78 is 38.8. The van der Waals surface area contributed by atoms with E-state index in [4.69, 9.17) is 11.6 Å². The van der Waals surface area contributed by atoms with E-state index in [9.17, 15) is 13.2 Å². The van der Waals surface area contributed by atoms with Crippen LogP contribution in [0.1, 0.15) is 16.7 Å². The molecule has 1 aliphatic rings. The van der Waals surface area contributed by atoms with Crippen LogP contribution in [-0.2, 0) is 19.1 Å². The minimum Gasteiger partial charge on any atom is -0.367 e. The highest BCUT2D eigenvalue weighted by molar-refractivity contribution is 6.31. The summed E-state index contributed by atoms with van der Waals surface area (Å²) in [6, 6.07) is 6.00. The molecule has 1 aliphatic heterocycles. The fraction of sp³-hybridized carbons (Fsp3) is 0.267. The molecule has 0 atom stereocenters. The molecule has 1 aromatic carbocycles. The van der Waals surface area contributed by atoms with E-state index in [1.807, 2.05) is 11.0 Å². The topological polar surface area (TPSA) is 16.1 Å². The Morgan fingerprint density at radius 2 is 1.95 bits per heavy atom. The SMILES string of the molecule is FC(F)(F)c1cc(N2CCc3ccncc3C2)ccc1Cl. The lowest BCUT2D eigenvalue weighted by atomic mass is 10.0. The molecule has 110 valence electrons. The van der Waals surface area contributed by atoms with Crippen molar-refractivity contribution >= 4 is 17.3 Å². The zero-order valence-corrected chi connectivity index (χ0v) is 11.7. The summed E-state index contributed by atoms with van der Waals surface area (Å²) in [6.07, 6.45) is -0.148. The van der Waals surface area contributed by atoms with Gasteiger partial charge in [0, 0.05) is 31.2 Å². The van der Waals surface area contributed by atoms with Crippen molar-refractivity contribution in [3.05, 3.63) is 58.4 Å². The minimum absolute atomic E-state index is 0.273. The van der Waals surface area contributed by atoms with E-state index < -0.39 is 11.7 Å². The smallest absolute Gasteiger partial charge is 0.367 e. The second-order valence-corrected chi connectivity index (χ2v) is 5.39. The number of hydrogen-bond acceptors (Lipinski definition) is 2. The lowest BCUT2D eigenvalue weighted by molar-refractivity contribution is -0.137. The van der Waals surface area contributed by atoms with Gasteiger partial charge in [0.05, 0.1) is 10.6 Å². The number of nitrogens with zero attached hydrogens (tertiary/aromatic N) is 2. The van der Waals surface area contributed by atoms with Crippen LogP contribution in [0.4, 0.5) is 18.9 Å². The molecule has 0 spiro atoms. The molecule has 0 fully saturated rings. The summed E-state index contributed by atoms with van der Waals surface area (Å²) in [6.45, 7) is 1.23. The van der Waals surface area contributed by atoms with E-state index in [1.165, 1.54) is 11.6 Å². The van der Waals surface area contributed by atoms with Crippen molar-refractivity contribution in [3.63, 3.8) is 0 Å². The van der Waals surface area contributed by atoms with Crippen molar-refractivity contribution in [3.8, 4) is 0 Å². The normalized spacial score (nSPS) is 15.0. The average molecular weight is 313 g/mol.